The van der Waals surface area contributed by atoms with E-state index in [-0.39, 0.29) is 18.1 Å². The van der Waals surface area contributed by atoms with Crippen LogP contribution in [0.15, 0.2) is 41.3 Å². The molecule has 0 fully saturated rings. The minimum absolute atomic E-state index is 0.0233. The Labute approximate surface area is 173 Å². The summed E-state index contributed by atoms with van der Waals surface area (Å²) >= 11 is 1.70. The maximum atomic E-state index is 12.4. The second-order valence-electron chi connectivity index (χ2n) is 7.70. The van der Waals surface area contributed by atoms with Crippen molar-refractivity contribution in [2.45, 2.75) is 39.4 Å². The van der Waals surface area contributed by atoms with E-state index in [2.05, 4.69) is 38.1 Å². The first-order chi connectivity index (χ1) is 13.8. The van der Waals surface area contributed by atoms with Gasteiger partial charge in [-0.25, -0.2) is 0 Å². The maximum Gasteiger partial charge on any atom is 0.250 e. The molecule has 0 spiro atoms. The molecule has 2 atom stereocenters. The summed E-state index contributed by atoms with van der Waals surface area (Å²) in [6, 6.07) is 9.82. The average molecular weight is 409 g/mol. The van der Waals surface area contributed by atoms with Crippen LogP contribution in [0.2, 0.25) is 0 Å². The zero-order valence-electron chi connectivity index (χ0n) is 17.0. The SMILES string of the molecule is Cc1ccc(C2OC(CC(N)=O)c3cc(=O)n(C)cc3-c3sc(C)c(C)c32)cc1. The van der Waals surface area contributed by atoms with E-state index in [1.54, 1.807) is 29.0 Å². The van der Waals surface area contributed by atoms with Crippen LogP contribution < -0.4 is 11.3 Å². The first-order valence-corrected chi connectivity index (χ1v) is 10.4. The van der Waals surface area contributed by atoms with Gasteiger partial charge < -0.3 is 15.0 Å². The lowest BCUT2D eigenvalue weighted by Gasteiger charge is -2.24. The number of fused-ring (bicyclic) bond motifs is 3. The number of amides is 1. The van der Waals surface area contributed by atoms with E-state index in [4.69, 9.17) is 10.5 Å². The number of carbonyl (C=O) groups is 1. The highest BCUT2D eigenvalue weighted by atomic mass is 32.1. The van der Waals surface area contributed by atoms with E-state index in [1.165, 1.54) is 16.0 Å². The smallest absolute Gasteiger partial charge is 0.250 e. The molecule has 0 bridgehead atoms. The summed E-state index contributed by atoms with van der Waals surface area (Å²) in [4.78, 5) is 26.5. The van der Waals surface area contributed by atoms with E-state index in [9.17, 15) is 9.59 Å². The van der Waals surface area contributed by atoms with Crippen molar-refractivity contribution >= 4 is 17.2 Å². The van der Waals surface area contributed by atoms with Gasteiger partial charge >= 0.3 is 0 Å². The number of nitrogens with two attached hydrogens (primary N) is 1. The highest BCUT2D eigenvalue weighted by Gasteiger charge is 2.34. The summed E-state index contributed by atoms with van der Waals surface area (Å²) < 4.78 is 8.12. The van der Waals surface area contributed by atoms with Crippen LogP contribution >= 0.6 is 11.3 Å². The zero-order chi connectivity index (χ0) is 20.9. The molecule has 1 aromatic carbocycles. The number of carbonyl (C=O) groups excluding carboxylic acids is 1. The van der Waals surface area contributed by atoms with Crippen molar-refractivity contribution in [2.24, 2.45) is 12.8 Å². The number of aryl methyl sites for hydroxylation is 3. The van der Waals surface area contributed by atoms with Crippen LogP contribution in [-0.4, -0.2) is 10.5 Å². The lowest BCUT2D eigenvalue weighted by Crippen LogP contribution is -2.22. The van der Waals surface area contributed by atoms with Gasteiger partial charge in [0.05, 0.1) is 12.5 Å². The fourth-order valence-electron chi connectivity index (χ4n) is 3.89. The predicted molar refractivity (Wildman–Crippen MR) is 115 cm³/mol. The highest BCUT2D eigenvalue weighted by molar-refractivity contribution is 7.15. The summed E-state index contributed by atoms with van der Waals surface area (Å²) in [5, 5.41) is 0. The standard InChI is InChI=1S/C23H24N2O3S/c1-12-5-7-15(8-6-12)22-21-13(2)14(3)29-23(21)17-11-25(4)20(27)9-16(17)18(28-22)10-19(24)26/h5-9,11,18,22H,10H2,1-4H3,(H2,24,26). The lowest BCUT2D eigenvalue weighted by atomic mass is 9.95. The van der Waals surface area contributed by atoms with E-state index in [1.807, 2.05) is 13.1 Å². The van der Waals surface area contributed by atoms with Gasteiger partial charge in [-0.05, 0) is 37.5 Å². The highest BCUT2D eigenvalue weighted by Crippen LogP contribution is 2.49. The van der Waals surface area contributed by atoms with E-state index >= 15 is 0 Å². The van der Waals surface area contributed by atoms with Crippen LogP contribution in [0.3, 0.4) is 0 Å². The van der Waals surface area contributed by atoms with E-state index < -0.39 is 12.0 Å². The van der Waals surface area contributed by atoms with Crippen molar-refractivity contribution in [2.75, 3.05) is 0 Å². The van der Waals surface area contributed by atoms with Gasteiger partial charge in [0, 0.05) is 40.2 Å². The number of primary amides is 1. The van der Waals surface area contributed by atoms with Crippen molar-refractivity contribution in [1.82, 2.24) is 4.57 Å². The summed E-state index contributed by atoms with van der Waals surface area (Å²) in [5.41, 5.74) is 11.5. The van der Waals surface area contributed by atoms with Gasteiger partial charge in [-0.2, -0.15) is 0 Å². The first kappa shape index (κ1) is 19.6. The second kappa shape index (κ2) is 7.28. The number of nitrogens with zero attached hydrogens (tertiary/aromatic N) is 1. The number of aromatic nitrogens is 1. The summed E-state index contributed by atoms with van der Waals surface area (Å²) in [6.07, 6.45) is 0.950. The number of benzene rings is 1. The number of hydrogen-bond acceptors (Lipinski definition) is 4. The topological polar surface area (TPSA) is 74.3 Å². The summed E-state index contributed by atoms with van der Waals surface area (Å²) in [5.74, 6) is -0.456. The molecular formula is C23H24N2O3S. The van der Waals surface area contributed by atoms with Crippen LogP contribution in [0.1, 0.15) is 51.3 Å². The molecule has 29 heavy (non-hydrogen) atoms. The summed E-state index contributed by atoms with van der Waals surface area (Å²) in [6.45, 7) is 6.25. The maximum absolute atomic E-state index is 12.4. The average Bonchev–Trinajstić information content (AvgIpc) is 2.89. The van der Waals surface area contributed by atoms with Gasteiger partial charge in [0.2, 0.25) is 5.91 Å². The molecule has 2 aromatic heterocycles. The molecule has 5 nitrogen and oxygen atoms in total. The van der Waals surface area contributed by atoms with Crippen LogP contribution in [0.5, 0.6) is 0 Å². The van der Waals surface area contributed by atoms with Crippen LogP contribution in [0, 0.1) is 20.8 Å². The molecule has 3 heterocycles. The number of rotatable bonds is 3. The largest absolute Gasteiger partial charge is 0.370 e. The lowest BCUT2D eigenvalue weighted by molar-refractivity contribution is -0.121. The van der Waals surface area contributed by atoms with Crippen molar-refractivity contribution in [3.05, 3.63) is 79.6 Å². The number of thiophene rings is 1. The molecule has 0 saturated carbocycles. The van der Waals surface area contributed by atoms with Gasteiger partial charge in [0.15, 0.2) is 0 Å². The van der Waals surface area contributed by atoms with Gasteiger partial charge in [-0.3, -0.25) is 9.59 Å². The molecule has 4 rings (SSSR count). The first-order valence-electron chi connectivity index (χ1n) is 9.57. The van der Waals surface area contributed by atoms with Crippen molar-refractivity contribution in [3.8, 4) is 10.4 Å². The molecule has 150 valence electrons. The molecule has 1 aliphatic rings. The summed E-state index contributed by atoms with van der Waals surface area (Å²) in [7, 11) is 1.74. The Hall–Kier alpha value is -2.70. The second-order valence-corrected chi connectivity index (χ2v) is 8.93. The Kier molecular flexibility index (Phi) is 4.92. The Morgan fingerprint density at radius 1 is 1.21 bits per heavy atom. The third-order valence-corrected chi connectivity index (χ3v) is 6.87. The molecular weight excluding hydrogens is 384 g/mol. The van der Waals surface area contributed by atoms with Gasteiger partial charge in [-0.1, -0.05) is 29.8 Å². The third kappa shape index (κ3) is 3.43. The predicted octanol–water partition coefficient (Wildman–Crippen LogP) is 4.08. The minimum Gasteiger partial charge on any atom is -0.370 e. The van der Waals surface area contributed by atoms with E-state index in [0.717, 1.165) is 27.1 Å². The van der Waals surface area contributed by atoms with Crippen LogP contribution in [0.4, 0.5) is 0 Å². The molecule has 3 aromatic rings. The molecule has 0 radical (unpaired) electrons. The van der Waals surface area contributed by atoms with Crippen molar-refractivity contribution in [3.63, 3.8) is 0 Å². The van der Waals surface area contributed by atoms with Crippen molar-refractivity contribution in [1.29, 1.82) is 0 Å². The fraction of sp³-hybridized carbons (Fsp3) is 0.304. The third-order valence-electron chi connectivity index (χ3n) is 5.61. The van der Waals surface area contributed by atoms with Crippen LogP contribution in [0.25, 0.3) is 10.4 Å². The molecule has 1 aliphatic heterocycles. The Morgan fingerprint density at radius 3 is 2.55 bits per heavy atom. The monoisotopic (exact) mass is 408 g/mol. The van der Waals surface area contributed by atoms with E-state index in [0.29, 0.717) is 0 Å². The quantitative estimate of drug-likeness (QED) is 0.710. The molecule has 2 N–H and O–H groups in total. The number of ether oxygens (including phenoxy) is 1. The Balaban J connectivity index is 2.01. The fourth-order valence-corrected chi connectivity index (χ4v) is 5.11. The van der Waals surface area contributed by atoms with Crippen LogP contribution in [-0.2, 0) is 16.6 Å². The van der Waals surface area contributed by atoms with Crippen molar-refractivity contribution < 1.29 is 9.53 Å². The van der Waals surface area contributed by atoms with Gasteiger partial charge in [0.25, 0.3) is 5.56 Å². The molecule has 6 heteroatoms. The molecule has 0 aliphatic carbocycles. The van der Waals surface area contributed by atoms with Gasteiger partial charge in [-0.15, -0.1) is 11.3 Å². The molecule has 2 unspecified atom stereocenters. The Morgan fingerprint density at radius 2 is 1.90 bits per heavy atom. The Bertz CT molecular complexity index is 1160. The molecule has 1 amide bonds. The number of hydrogen-bond donors (Lipinski definition) is 1. The molecule has 0 saturated heterocycles. The number of pyridine rings is 1. The zero-order valence-corrected chi connectivity index (χ0v) is 17.8. The minimum atomic E-state index is -0.581. The van der Waals surface area contributed by atoms with Gasteiger partial charge in [0.1, 0.15) is 6.10 Å². The normalized spacial score (nSPS) is 18.1.